The zero-order chi connectivity index (χ0) is 11.7. The van der Waals surface area contributed by atoms with Gasteiger partial charge in [0.1, 0.15) is 0 Å². The first-order valence-electron chi connectivity index (χ1n) is 5.67. The predicted octanol–water partition coefficient (Wildman–Crippen LogP) is 1.80. The Morgan fingerprint density at radius 1 is 1.56 bits per heavy atom. The van der Waals surface area contributed by atoms with Gasteiger partial charge in [-0.25, -0.2) is 0 Å². The van der Waals surface area contributed by atoms with Crippen LogP contribution in [-0.4, -0.2) is 36.5 Å². The zero-order valence-corrected chi connectivity index (χ0v) is 10.9. The number of thiophene rings is 1. The van der Waals surface area contributed by atoms with E-state index >= 15 is 0 Å². The van der Waals surface area contributed by atoms with Crippen molar-refractivity contribution in [2.24, 2.45) is 0 Å². The van der Waals surface area contributed by atoms with E-state index in [1.54, 1.807) is 11.3 Å². The number of aryl methyl sites for hydroxylation is 2. The van der Waals surface area contributed by atoms with E-state index < -0.39 is 0 Å². The second-order valence-corrected chi connectivity index (χ2v) is 5.71. The second kappa shape index (κ2) is 4.55. The molecule has 1 aliphatic heterocycles. The van der Waals surface area contributed by atoms with E-state index in [2.05, 4.69) is 26.1 Å². The lowest BCUT2D eigenvalue weighted by Gasteiger charge is -2.31. The molecule has 3 nitrogen and oxygen atoms in total. The van der Waals surface area contributed by atoms with E-state index in [1.807, 2.05) is 11.0 Å². The van der Waals surface area contributed by atoms with Gasteiger partial charge < -0.3 is 10.2 Å². The highest BCUT2D eigenvalue weighted by Crippen LogP contribution is 2.22. The Morgan fingerprint density at radius 2 is 2.31 bits per heavy atom. The molecule has 2 rings (SSSR count). The smallest absolute Gasteiger partial charge is 0.264 e. The van der Waals surface area contributed by atoms with Gasteiger partial charge in [-0.15, -0.1) is 11.3 Å². The number of hydrogen-bond acceptors (Lipinski definition) is 3. The van der Waals surface area contributed by atoms with Crippen molar-refractivity contribution in [3.05, 3.63) is 21.4 Å². The normalized spacial score (nSPS) is 21.2. The molecule has 0 aromatic carbocycles. The summed E-state index contributed by atoms with van der Waals surface area (Å²) in [5.41, 5.74) is 1.22. The molecule has 0 radical (unpaired) electrons. The summed E-state index contributed by atoms with van der Waals surface area (Å²) < 4.78 is 0. The Labute approximate surface area is 100 Å². The minimum Gasteiger partial charge on any atom is -0.335 e. The van der Waals surface area contributed by atoms with Crippen LogP contribution in [0.4, 0.5) is 0 Å². The monoisotopic (exact) mass is 238 g/mol. The van der Waals surface area contributed by atoms with E-state index in [0.29, 0.717) is 6.04 Å². The number of nitrogens with one attached hydrogen (secondary N) is 1. The van der Waals surface area contributed by atoms with Crippen molar-refractivity contribution in [1.29, 1.82) is 0 Å². The number of piperazine rings is 1. The summed E-state index contributed by atoms with van der Waals surface area (Å²) in [6.45, 7) is 8.77. The summed E-state index contributed by atoms with van der Waals surface area (Å²) in [4.78, 5) is 16.3. The molecule has 16 heavy (non-hydrogen) atoms. The molecule has 1 atom stereocenters. The molecule has 0 aliphatic carbocycles. The van der Waals surface area contributed by atoms with Gasteiger partial charge in [-0.3, -0.25) is 4.79 Å². The maximum Gasteiger partial charge on any atom is 0.264 e. The minimum absolute atomic E-state index is 0.189. The average Bonchev–Trinajstić information content (AvgIpc) is 2.58. The Hall–Kier alpha value is -0.870. The average molecular weight is 238 g/mol. The third-order valence-electron chi connectivity index (χ3n) is 3.03. The molecule has 1 saturated heterocycles. The molecule has 1 fully saturated rings. The van der Waals surface area contributed by atoms with Gasteiger partial charge in [0.05, 0.1) is 4.88 Å². The molecule has 4 heteroatoms. The predicted molar refractivity (Wildman–Crippen MR) is 67.2 cm³/mol. The molecular weight excluding hydrogens is 220 g/mol. The fraction of sp³-hybridized carbons (Fsp3) is 0.583. The number of carbonyl (C=O) groups is 1. The van der Waals surface area contributed by atoms with Crippen LogP contribution >= 0.6 is 11.3 Å². The first-order valence-corrected chi connectivity index (χ1v) is 6.49. The first-order chi connectivity index (χ1) is 7.58. The molecule has 0 spiro atoms. The van der Waals surface area contributed by atoms with Crippen LogP contribution < -0.4 is 5.32 Å². The van der Waals surface area contributed by atoms with Gasteiger partial charge in [-0.2, -0.15) is 0 Å². The third kappa shape index (κ3) is 2.28. The van der Waals surface area contributed by atoms with Gasteiger partial charge in [0, 0.05) is 30.6 Å². The summed E-state index contributed by atoms with van der Waals surface area (Å²) in [5, 5.41) is 3.34. The van der Waals surface area contributed by atoms with E-state index in [4.69, 9.17) is 0 Å². The number of carbonyl (C=O) groups excluding carboxylic acids is 1. The van der Waals surface area contributed by atoms with E-state index in [1.165, 1.54) is 10.4 Å². The van der Waals surface area contributed by atoms with Crippen molar-refractivity contribution in [3.8, 4) is 0 Å². The van der Waals surface area contributed by atoms with Crippen LogP contribution in [0.1, 0.15) is 27.0 Å². The van der Waals surface area contributed by atoms with Gasteiger partial charge in [-0.05, 0) is 32.4 Å². The van der Waals surface area contributed by atoms with Gasteiger partial charge >= 0.3 is 0 Å². The molecule has 0 unspecified atom stereocenters. The second-order valence-electron chi connectivity index (χ2n) is 4.46. The standard InChI is InChI=1S/C12H18N2OS/c1-8-6-11(16-10(8)3)12(15)14-5-4-13-9(2)7-14/h6,9,13H,4-5,7H2,1-3H3/t9-/m0/s1. The minimum atomic E-state index is 0.189. The molecule has 88 valence electrons. The van der Waals surface area contributed by atoms with Crippen LogP contribution in [-0.2, 0) is 0 Å². The maximum absolute atomic E-state index is 12.2. The summed E-state index contributed by atoms with van der Waals surface area (Å²) in [6, 6.07) is 2.41. The summed E-state index contributed by atoms with van der Waals surface area (Å²) in [6.07, 6.45) is 0. The zero-order valence-electron chi connectivity index (χ0n) is 10.0. The van der Waals surface area contributed by atoms with E-state index in [0.717, 1.165) is 24.5 Å². The Kier molecular flexibility index (Phi) is 3.30. The number of nitrogens with zero attached hydrogens (tertiary/aromatic N) is 1. The molecule has 1 aromatic heterocycles. The largest absolute Gasteiger partial charge is 0.335 e. The van der Waals surface area contributed by atoms with E-state index in [9.17, 15) is 4.79 Å². The Bertz CT molecular complexity index is 380. The number of amides is 1. The number of rotatable bonds is 1. The highest BCUT2D eigenvalue weighted by Gasteiger charge is 2.22. The van der Waals surface area contributed by atoms with Crippen molar-refractivity contribution in [2.75, 3.05) is 19.6 Å². The van der Waals surface area contributed by atoms with Crippen LogP contribution in [0.2, 0.25) is 0 Å². The van der Waals surface area contributed by atoms with Gasteiger partial charge in [-0.1, -0.05) is 0 Å². The van der Waals surface area contributed by atoms with Crippen LogP contribution in [0.5, 0.6) is 0 Å². The van der Waals surface area contributed by atoms with Crippen molar-refractivity contribution in [2.45, 2.75) is 26.8 Å². The lowest BCUT2D eigenvalue weighted by molar-refractivity contribution is 0.0714. The van der Waals surface area contributed by atoms with Gasteiger partial charge in [0.25, 0.3) is 5.91 Å². The van der Waals surface area contributed by atoms with Crippen LogP contribution in [0.25, 0.3) is 0 Å². The van der Waals surface area contributed by atoms with Gasteiger partial charge in [0.15, 0.2) is 0 Å². The van der Waals surface area contributed by atoms with E-state index in [-0.39, 0.29) is 5.91 Å². The first kappa shape index (κ1) is 11.6. The molecule has 2 heterocycles. The third-order valence-corrected chi connectivity index (χ3v) is 4.17. The molecular formula is C12H18N2OS. The number of hydrogen-bond donors (Lipinski definition) is 1. The molecule has 1 aliphatic rings. The van der Waals surface area contributed by atoms with Crippen LogP contribution in [0.15, 0.2) is 6.07 Å². The highest BCUT2D eigenvalue weighted by molar-refractivity contribution is 7.14. The topological polar surface area (TPSA) is 32.3 Å². The van der Waals surface area contributed by atoms with Crippen molar-refractivity contribution < 1.29 is 4.79 Å². The quantitative estimate of drug-likeness (QED) is 0.809. The summed E-state index contributed by atoms with van der Waals surface area (Å²) in [5.74, 6) is 0.189. The SMILES string of the molecule is Cc1cc(C(=O)N2CCN[C@@H](C)C2)sc1C. The van der Waals surface area contributed by atoms with Crippen molar-refractivity contribution in [1.82, 2.24) is 10.2 Å². The molecule has 0 bridgehead atoms. The Balaban J connectivity index is 2.12. The van der Waals surface area contributed by atoms with Crippen LogP contribution in [0.3, 0.4) is 0 Å². The van der Waals surface area contributed by atoms with Crippen molar-refractivity contribution in [3.63, 3.8) is 0 Å². The summed E-state index contributed by atoms with van der Waals surface area (Å²) in [7, 11) is 0. The summed E-state index contributed by atoms with van der Waals surface area (Å²) >= 11 is 1.61. The maximum atomic E-state index is 12.2. The lowest BCUT2D eigenvalue weighted by atomic mass is 10.2. The highest BCUT2D eigenvalue weighted by atomic mass is 32.1. The van der Waals surface area contributed by atoms with Crippen LogP contribution in [0, 0.1) is 13.8 Å². The lowest BCUT2D eigenvalue weighted by Crippen LogP contribution is -2.51. The van der Waals surface area contributed by atoms with Gasteiger partial charge in [0.2, 0.25) is 0 Å². The molecule has 0 saturated carbocycles. The molecule has 1 N–H and O–H groups in total. The van der Waals surface area contributed by atoms with Crippen molar-refractivity contribution >= 4 is 17.2 Å². The molecule has 1 amide bonds. The molecule has 1 aromatic rings. The Morgan fingerprint density at radius 3 is 2.88 bits per heavy atom. The fourth-order valence-corrected chi connectivity index (χ4v) is 2.95. The fourth-order valence-electron chi connectivity index (χ4n) is 1.95.